The second kappa shape index (κ2) is 6.61. The van der Waals surface area contributed by atoms with Crippen molar-refractivity contribution < 1.29 is 9.94 Å². The molecule has 1 aliphatic carbocycles. The molecule has 1 fully saturated rings. The third-order valence-corrected chi connectivity index (χ3v) is 3.91. The maximum atomic E-state index is 8.63. The Kier molecular flexibility index (Phi) is 4.84. The zero-order valence-electron chi connectivity index (χ0n) is 11.9. The van der Waals surface area contributed by atoms with Crippen LogP contribution in [-0.2, 0) is 6.42 Å². The molecule has 0 unspecified atom stereocenters. The van der Waals surface area contributed by atoms with Crippen LogP contribution in [0.25, 0.3) is 0 Å². The second-order valence-electron chi connectivity index (χ2n) is 5.51. The Morgan fingerprint density at radius 2 is 2.20 bits per heavy atom. The van der Waals surface area contributed by atoms with E-state index in [-0.39, 0.29) is 5.41 Å². The van der Waals surface area contributed by atoms with Gasteiger partial charge in [-0.05, 0) is 42.9 Å². The summed E-state index contributed by atoms with van der Waals surface area (Å²) in [6.07, 6.45) is 3.89. The van der Waals surface area contributed by atoms with Crippen LogP contribution in [0.4, 0.5) is 0 Å². The van der Waals surface area contributed by atoms with Gasteiger partial charge in [-0.2, -0.15) is 0 Å². The summed E-state index contributed by atoms with van der Waals surface area (Å²) in [7, 11) is 1.70. The van der Waals surface area contributed by atoms with E-state index < -0.39 is 0 Å². The molecule has 0 aliphatic heterocycles. The van der Waals surface area contributed by atoms with Crippen LogP contribution < -0.4 is 15.8 Å². The first-order valence-electron chi connectivity index (χ1n) is 6.98. The summed E-state index contributed by atoms with van der Waals surface area (Å²) >= 11 is 0. The first-order chi connectivity index (χ1) is 9.69. The van der Waals surface area contributed by atoms with Gasteiger partial charge in [-0.15, -0.1) is 0 Å². The first kappa shape index (κ1) is 14.7. The van der Waals surface area contributed by atoms with Gasteiger partial charge in [0.1, 0.15) is 11.6 Å². The van der Waals surface area contributed by atoms with Crippen LogP contribution in [-0.4, -0.2) is 31.2 Å². The van der Waals surface area contributed by atoms with E-state index in [1.807, 2.05) is 18.2 Å². The Hall–Kier alpha value is -1.75. The predicted molar refractivity (Wildman–Crippen MR) is 79.3 cm³/mol. The van der Waals surface area contributed by atoms with Crippen LogP contribution in [0.15, 0.2) is 29.4 Å². The maximum absolute atomic E-state index is 8.63. The lowest BCUT2D eigenvalue weighted by Crippen LogP contribution is -2.29. The van der Waals surface area contributed by atoms with E-state index in [9.17, 15) is 0 Å². The van der Waals surface area contributed by atoms with E-state index in [0.717, 1.165) is 38.1 Å². The molecule has 0 amide bonds. The highest BCUT2D eigenvalue weighted by Gasteiger charge is 2.42. The number of benzene rings is 1. The summed E-state index contributed by atoms with van der Waals surface area (Å²) < 4.78 is 5.34. The molecule has 0 saturated heterocycles. The Morgan fingerprint density at radius 1 is 1.45 bits per heavy atom. The monoisotopic (exact) mass is 277 g/mol. The average molecular weight is 277 g/mol. The largest absolute Gasteiger partial charge is 0.496 e. The summed E-state index contributed by atoms with van der Waals surface area (Å²) in [6.45, 7) is 1.82. The molecule has 20 heavy (non-hydrogen) atoms. The molecule has 2 rings (SSSR count). The van der Waals surface area contributed by atoms with Gasteiger partial charge in [0.25, 0.3) is 0 Å². The molecule has 0 aromatic heterocycles. The number of nitrogens with zero attached hydrogens (tertiary/aromatic N) is 1. The van der Waals surface area contributed by atoms with Crippen LogP contribution in [0.5, 0.6) is 5.75 Å². The summed E-state index contributed by atoms with van der Waals surface area (Å²) in [5.74, 6) is 1.26. The Labute approximate surface area is 119 Å². The van der Waals surface area contributed by atoms with Gasteiger partial charge in [0.15, 0.2) is 0 Å². The van der Waals surface area contributed by atoms with Crippen molar-refractivity contribution in [3.8, 4) is 5.75 Å². The number of hydrogen-bond acceptors (Lipinski definition) is 4. The van der Waals surface area contributed by atoms with Gasteiger partial charge in [0.05, 0.1) is 7.11 Å². The van der Waals surface area contributed by atoms with E-state index in [2.05, 4.69) is 16.5 Å². The zero-order valence-corrected chi connectivity index (χ0v) is 11.9. The molecule has 5 heteroatoms. The minimum Gasteiger partial charge on any atom is -0.496 e. The number of methoxy groups -OCH3 is 1. The molecule has 0 bridgehead atoms. The van der Waals surface area contributed by atoms with E-state index >= 15 is 0 Å². The van der Waals surface area contributed by atoms with E-state index in [1.165, 1.54) is 5.56 Å². The van der Waals surface area contributed by atoms with Gasteiger partial charge in [0.2, 0.25) is 0 Å². The number of ether oxygens (including phenoxy) is 1. The first-order valence-corrected chi connectivity index (χ1v) is 6.98. The highest BCUT2D eigenvalue weighted by molar-refractivity contribution is 5.80. The number of amidine groups is 1. The number of oxime groups is 1. The van der Waals surface area contributed by atoms with Crippen LogP contribution in [0, 0.1) is 5.41 Å². The average Bonchev–Trinajstić information content (AvgIpc) is 3.23. The number of para-hydroxylation sites is 1. The van der Waals surface area contributed by atoms with Gasteiger partial charge >= 0.3 is 0 Å². The van der Waals surface area contributed by atoms with Crippen molar-refractivity contribution in [2.45, 2.75) is 25.7 Å². The van der Waals surface area contributed by atoms with Crippen LogP contribution in [0.2, 0.25) is 0 Å². The maximum Gasteiger partial charge on any atom is 0.139 e. The standard InChI is InChI=1S/C15H23N3O2/c1-20-13-5-3-2-4-12(13)6-9-17-11-15(7-8-15)10-14(16)18-19/h2-5,17,19H,6-11H2,1H3,(H2,16,18). The molecule has 1 saturated carbocycles. The molecule has 1 aromatic rings. The van der Waals surface area contributed by atoms with Crippen molar-refractivity contribution in [2.75, 3.05) is 20.2 Å². The minimum absolute atomic E-state index is 0.205. The molecule has 1 aromatic carbocycles. The van der Waals surface area contributed by atoms with Crippen molar-refractivity contribution in [3.63, 3.8) is 0 Å². The van der Waals surface area contributed by atoms with Crippen LogP contribution >= 0.6 is 0 Å². The zero-order chi connectivity index (χ0) is 14.4. The molecule has 0 heterocycles. The predicted octanol–water partition coefficient (Wildman–Crippen LogP) is 1.74. The molecule has 0 radical (unpaired) electrons. The molecule has 5 nitrogen and oxygen atoms in total. The van der Waals surface area contributed by atoms with Gasteiger partial charge in [-0.3, -0.25) is 0 Å². The van der Waals surface area contributed by atoms with Gasteiger partial charge in [-0.25, -0.2) is 0 Å². The van der Waals surface area contributed by atoms with Crippen molar-refractivity contribution in [3.05, 3.63) is 29.8 Å². The smallest absolute Gasteiger partial charge is 0.139 e. The highest BCUT2D eigenvalue weighted by atomic mass is 16.5. The van der Waals surface area contributed by atoms with Gasteiger partial charge in [0, 0.05) is 13.0 Å². The van der Waals surface area contributed by atoms with Crippen molar-refractivity contribution in [1.82, 2.24) is 5.32 Å². The molecule has 110 valence electrons. The molecule has 1 aliphatic rings. The quantitative estimate of drug-likeness (QED) is 0.222. The third kappa shape index (κ3) is 3.87. The second-order valence-corrected chi connectivity index (χ2v) is 5.51. The van der Waals surface area contributed by atoms with Crippen molar-refractivity contribution in [2.24, 2.45) is 16.3 Å². The number of nitrogens with one attached hydrogen (secondary N) is 1. The minimum atomic E-state index is 0.205. The number of hydrogen-bond donors (Lipinski definition) is 3. The van der Waals surface area contributed by atoms with E-state index in [4.69, 9.17) is 15.7 Å². The SMILES string of the molecule is COc1ccccc1CCNCC1(C/C(N)=N/O)CC1. The third-order valence-electron chi connectivity index (χ3n) is 3.91. The Balaban J connectivity index is 1.74. The summed E-state index contributed by atoms with van der Waals surface area (Å²) in [5, 5.41) is 15.2. The normalized spacial score (nSPS) is 16.9. The molecule has 0 atom stereocenters. The number of rotatable bonds is 8. The van der Waals surface area contributed by atoms with Crippen LogP contribution in [0.1, 0.15) is 24.8 Å². The van der Waals surface area contributed by atoms with E-state index in [1.54, 1.807) is 7.11 Å². The fourth-order valence-electron chi connectivity index (χ4n) is 2.50. The Bertz CT molecular complexity index is 470. The fourth-order valence-corrected chi connectivity index (χ4v) is 2.50. The van der Waals surface area contributed by atoms with Crippen molar-refractivity contribution in [1.29, 1.82) is 0 Å². The number of nitrogens with two attached hydrogens (primary N) is 1. The summed E-state index contributed by atoms with van der Waals surface area (Å²) in [6, 6.07) is 8.07. The molecular weight excluding hydrogens is 254 g/mol. The van der Waals surface area contributed by atoms with E-state index in [0.29, 0.717) is 12.3 Å². The van der Waals surface area contributed by atoms with Gasteiger partial charge < -0.3 is 21.0 Å². The topological polar surface area (TPSA) is 79.9 Å². The van der Waals surface area contributed by atoms with Crippen molar-refractivity contribution >= 4 is 5.84 Å². The van der Waals surface area contributed by atoms with Gasteiger partial charge in [-0.1, -0.05) is 23.4 Å². The fraction of sp³-hybridized carbons (Fsp3) is 0.533. The Morgan fingerprint density at radius 3 is 2.85 bits per heavy atom. The lowest BCUT2D eigenvalue weighted by Gasteiger charge is -2.15. The lowest BCUT2D eigenvalue weighted by molar-refractivity contribution is 0.314. The molecule has 4 N–H and O–H groups in total. The summed E-state index contributed by atoms with van der Waals surface area (Å²) in [4.78, 5) is 0. The van der Waals surface area contributed by atoms with Crippen LogP contribution in [0.3, 0.4) is 0 Å². The molecular formula is C15H23N3O2. The summed E-state index contributed by atoms with van der Waals surface area (Å²) in [5.41, 5.74) is 7.01. The molecule has 0 spiro atoms. The highest BCUT2D eigenvalue weighted by Crippen LogP contribution is 2.48. The lowest BCUT2D eigenvalue weighted by atomic mass is 10.0.